The van der Waals surface area contributed by atoms with Crippen LogP contribution in [0.3, 0.4) is 0 Å². The molecule has 0 aromatic rings. The van der Waals surface area contributed by atoms with Gasteiger partial charge in [0.15, 0.2) is 0 Å². The van der Waals surface area contributed by atoms with Crippen LogP contribution < -0.4 is 0 Å². The largest absolute Gasteiger partial charge is 0.303 e. The van der Waals surface area contributed by atoms with E-state index in [0.29, 0.717) is 0 Å². The molecule has 1 unspecified atom stereocenters. The Balaban J connectivity index is 2.22. The zero-order chi connectivity index (χ0) is 8.10. The molecule has 11 heavy (non-hydrogen) atoms. The summed E-state index contributed by atoms with van der Waals surface area (Å²) in [7, 11) is 0. The Morgan fingerprint density at radius 1 is 1.27 bits per heavy atom. The van der Waals surface area contributed by atoms with Gasteiger partial charge in [-0.1, -0.05) is 13.8 Å². The molecule has 1 saturated heterocycles. The monoisotopic (exact) mass is 155 g/mol. The lowest BCUT2D eigenvalue weighted by Crippen LogP contribution is -2.25. The van der Waals surface area contributed by atoms with Crippen molar-refractivity contribution >= 4 is 0 Å². The molecule has 0 spiro atoms. The molecular weight excluding hydrogens is 134 g/mol. The maximum Gasteiger partial charge on any atom is -0.00162 e. The molecule has 0 aliphatic carbocycles. The molecule has 1 heterocycles. The highest BCUT2D eigenvalue weighted by molar-refractivity contribution is 4.66. The fourth-order valence-corrected chi connectivity index (χ4v) is 1.86. The maximum absolute atomic E-state index is 2.61. The van der Waals surface area contributed by atoms with Gasteiger partial charge in [0.2, 0.25) is 0 Å². The molecule has 0 aromatic heterocycles. The van der Waals surface area contributed by atoms with Crippen LogP contribution in [0.2, 0.25) is 0 Å². The van der Waals surface area contributed by atoms with Gasteiger partial charge in [-0.25, -0.2) is 0 Å². The molecule has 0 bridgehead atoms. The van der Waals surface area contributed by atoms with Crippen LogP contribution in [0.5, 0.6) is 0 Å². The summed E-state index contributed by atoms with van der Waals surface area (Å²) in [4.78, 5) is 2.61. The van der Waals surface area contributed by atoms with Crippen molar-refractivity contribution in [2.75, 3.05) is 19.6 Å². The Kier molecular flexibility index (Phi) is 3.92. The van der Waals surface area contributed by atoms with Gasteiger partial charge in [-0.05, 0) is 51.2 Å². The van der Waals surface area contributed by atoms with E-state index in [-0.39, 0.29) is 0 Å². The molecule has 0 radical (unpaired) electrons. The molecule has 0 N–H and O–H groups in total. The summed E-state index contributed by atoms with van der Waals surface area (Å²) in [6.45, 7) is 8.66. The van der Waals surface area contributed by atoms with Crippen molar-refractivity contribution in [2.24, 2.45) is 5.92 Å². The Labute approximate surface area is 70.8 Å². The second kappa shape index (κ2) is 4.76. The highest BCUT2D eigenvalue weighted by Gasteiger charge is 2.11. The summed E-state index contributed by atoms with van der Waals surface area (Å²) in [5, 5.41) is 0. The Morgan fingerprint density at radius 2 is 2.09 bits per heavy atom. The maximum atomic E-state index is 2.61. The predicted molar refractivity (Wildman–Crippen MR) is 49.7 cm³/mol. The van der Waals surface area contributed by atoms with E-state index in [0.717, 1.165) is 5.92 Å². The van der Waals surface area contributed by atoms with Gasteiger partial charge in [0, 0.05) is 0 Å². The van der Waals surface area contributed by atoms with Crippen LogP contribution in [-0.4, -0.2) is 24.5 Å². The van der Waals surface area contributed by atoms with E-state index in [4.69, 9.17) is 0 Å². The number of rotatable bonds is 2. The third-order valence-corrected chi connectivity index (χ3v) is 2.65. The summed E-state index contributed by atoms with van der Waals surface area (Å²) in [5.74, 6) is 0.969. The van der Waals surface area contributed by atoms with E-state index in [9.17, 15) is 0 Å². The number of hydrogen-bond acceptors (Lipinski definition) is 1. The lowest BCUT2D eigenvalue weighted by Gasteiger charge is -2.18. The highest BCUT2D eigenvalue weighted by Crippen LogP contribution is 2.16. The first kappa shape index (κ1) is 9.05. The molecule has 1 atom stereocenters. The fourth-order valence-electron chi connectivity index (χ4n) is 1.86. The first-order valence-corrected chi connectivity index (χ1v) is 5.05. The third kappa shape index (κ3) is 3.24. The van der Waals surface area contributed by atoms with E-state index in [1.165, 1.54) is 45.3 Å². The topological polar surface area (TPSA) is 3.24 Å². The molecule has 66 valence electrons. The van der Waals surface area contributed by atoms with Gasteiger partial charge in [0.1, 0.15) is 0 Å². The van der Waals surface area contributed by atoms with Crippen LogP contribution in [0.25, 0.3) is 0 Å². The SMILES string of the molecule is CCCN1CCCC(C)CC1. The summed E-state index contributed by atoms with van der Waals surface area (Å²) < 4.78 is 0. The minimum Gasteiger partial charge on any atom is -0.303 e. The van der Waals surface area contributed by atoms with Gasteiger partial charge < -0.3 is 4.90 Å². The quantitative estimate of drug-likeness (QED) is 0.592. The van der Waals surface area contributed by atoms with Crippen molar-refractivity contribution in [1.29, 1.82) is 0 Å². The first-order valence-electron chi connectivity index (χ1n) is 5.05. The average Bonchev–Trinajstić information content (AvgIpc) is 2.17. The molecular formula is C10H21N. The zero-order valence-electron chi connectivity index (χ0n) is 7.97. The van der Waals surface area contributed by atoms with Crippen molar-refractivity contribution in [2.45, 2.75) is 39.5 Å². The summed E-state index contributed by atoms with van der Waals surface area (Å²) in [5.41, 5.74) is 0. The number of likely N-dealkylation sites (tertiary alicyclic amines) is 1. The second-order valence-electron chi connectivity index (χ2n) is 3.88. The van der Waals surface area contributed by atoms with Crippen LogP contribution >= 0.6 is 0 Å². The van der Waals surface area contributed by atoms with E-state index in [1.54, 1.807) is 0 Å². The Morgan fingerprint density at radius 3 is 2.82 bits per heavy atom. The minimum atomic E-state index is 0.969. The molecule has 1 fully saturated rings. The number of nitrogens with zero attached hydrogens (tertiary/aromatic N) is 1. The van der Waals surface area contributed by atoms with Gasteiger partial charge in [-0.3, -0.25) is 0 Å². The summed E-state index contributed by atoms with van der Waals surface area (Å²) >= 11 is 0. The van der Waals surface area contributed by atoms with E-state index in [2.05, 4.69) is 18.7 Å². The van der Waals surface area contributed by atoms with Crippen molar-refractivity contribution < 1.29 is 0 Å². The second-order valence-corrected chi connectivity index (χ2v) is 3.88. The molecule has 0 saturated carbocycles. The van der Waals surface area contributed by atoms with Crippen LogP contribution in [0.1, 0.15) is 39.5 Å². The molecule has 1 nitrogen and oxygen atoms in total. The Hall–Kier alpha value is -0.0400. The fraction of sp³-hybridized carbons (Fsp3) is 1.00. The zero-order valence-corrected chi connectivity index (χ0v) is 7.97. The van der Waals surface area contributed by atoms with Crippen molar-refractivity contribution in [3.8, 4) is 0 Å². The molecule has 0 amide bonds. The van der Waals surface area contributed by atoms with Crippen LogP contribution in [-0.2, 0) is 0 Å². The lowest BCUT2D eigenvalue weighted by atomic mass is 10.0. The smallest absolute Gasteiger partial charge is 0.00162 e. The summed E-state index contributed by atoms with van der Waals surface area (Å²) in [6, 6.07) is 0. The average molecular weight is 155 g/mol. The molecule has 1 aliphatic rings. The van der Waals surface area contributed by atoms with Crippen LogP contribution in [0.15, 0.2) is 0 Å². The third-order valence-electron chi connectivity index (χ3n) is 2.65. The van der Waals surface area contributed by atoms with Gasteiger partial charge in [-0.2, -0.15) is 0 Å². The minimum absolute atomic E-state index is 0.969. The first-order chi connectivity index (χ1) is 5.33. The standard InChI is InChI=1S/C10H21N/c1-3-7-11-8-4-5-10(2)6-9-11/h10H,3-9H2,1-2H3. The van der Waals surface area contributed by atoms with Crippen molar-refractivity contribution in [1.82, 2.24) is 4.90 Å². The van der Waals surface area contributed by atoms with E-state index < -0.39 is 0 Å². The molecule has 1 rings (SSSR count). The van der Waals surface area contributed by atoms with Crippen LogP contribution in [0.4, 0.5) is 0 Å². The van der Waals surface area contributed by atoms with E-state index >= 15 is 0 Å². The highest BCUT2D eigenvalue weighted by atomic mass is 15.1. The van der Waals surface area contributed by atoms with Gasteiger partial charge in [0.05, 0.1) is 0 Å². The van der Waals surface area contributed by atoms with Gasteiger partial charge >= 0.3 is 0 Å². The van der Waals surface area contributed by atoms with E-state index in [1.807, 2.05) is 0 Å². The van der Waals surface area contributed by atoms with Crippen molar-refractivity contribution in [3.05, 3.63) is 0 Å². The Bertz CT molecular complexity index is 101. The molecule has 0 aromatic carbocycles. The molecule has 1 heteroatoms. The van der Waals surface area contributed by atoms with Crippen molar-refractivity contribution in [3.63, 3.8) is 0 Å². The van der Waals surface area contributed by atoms with Crippen LogP contribution in [0, 0.1) is 5.92 Å². The predicted octanol–water partition coefficient (Wildman–Crippen LogP) is 2.52. The number of hydrogen-bond donors (Lipinski definition) is 0. The van der Waals surface area contributed by atoms with Gasteiger partial charge in [-0.15, -0.1) is 0 Å². The lowest BCUT2D eigenvalue weighted by molar-refractivity contribution is 0.282. The van der Waals surface area contributed by atoms with Gasteiger partial charge in [0.25, 0.3) is 0 Å². The molecule has 1 aliphatic heterocycles. The normalized spacial score (nSPS) is 28.4. The summed E-state index contributed by atoms with van der Waals surface area (Å²) in [6.07, 6.45) is 5.59.